The number of ether oxygens (including phenoxy) is 2. The zero-order chi connectivity index (χ0) is 20.9. The number of aryl methyl sites for hydroxylation is 1. The third kappa shape index (κ3) is 5.24. The van der Waals surface area contributed by atoms with Gasteiger partial charge in [0.2, 0.25) is 15.9 Å². The van der Waals surface area contributed by atoms with E-state index in [-0.39, 0.29) is 10.8 Å². The van der Waals surface area contributed by atoms with Gasteiger partial charge in [0.15, 0.2) is 0 Å². The Morgan fingerprint density at radius 3 is 2.18 bits per heavy atom. The molecule has 2 N–H and O–H groups in total. The fourth-order valence-corrected chi connectivity index (χ4v) is 3.91. The second kappa shape index (κ2) is 9.07. The first-order valence-electron chi connectivity index (χ1n) is 8.80. The Morgan fingerprint density at radius 2 is 1.64 bits per heavy atom. The minimum Gasteiger partial charge on any atom is -0.497 e. The van der Waals surface area contributed by atoms with Crippen molar-refractivity contribution in [1.29, 1.82) is 0 Å². The number of methoxy groups -OCH3 is 2. The van der Waals surface area contributed by atoms with Gasteiger partial charge in [-0.05, 0) is 37.1 Å². The lowest BCUT2D eigenvalue weighted by Crippen LogP contribution is -2.47. The number of amides is 1. The molecule has 0 heterocycles. The lowest BCUT2D eigenvalue weighted by molar-refractivity contribution is -0.118. The van der Waals surface area contributed by atoms with Gasteiger partial charge in [0.25, 0.3) is 0 Å². The van der Waals surface area contributed by atoms with Gasteiger partial charge in [-0.25, -0.2) is 8.42 Å². The third-order valence-electron chi connectivity index (χ3n) is 4.23. The Kier molecular flexibility index (Phi) is 7.04. The van der Waals surface area contributed by atoms with Crippen molar-refractivity contribution in [3.8, 4) is 11.5 Å². The molecule has 0 aliphatic carbocycles. The standard InChI is InChI=1S/C20H26N2O5S/c1-13(2)19(22-28(24,25)16-9-6-14(3)7-10-16)20(23)21-17-12-15(26-4)8-11-18(17)27-5/h6-13,19,22H,1-5H3,(H,21,23)/t19-/m0/s1. The molecule has 0 saturated heterocycles. The number of benzene rings is 2. The molecule has 2 aromatic carbocycles. The van der Waals surface area contributed by atoms with Crippen LogP contribution < -0.4 is 19.5 Å². The van der Waals surface area contributed by atoms with Crippen LogP contribution in [0.3, 0.4) is 0 Å². The summed E-state index contributed by atoms with van der Waals surface area (Å²) in [5.74, 6) is 0.213. The number of sulfonamides is 1. The Hall–Kier alpha value is -2.58. The maximum atomic E-state index is 12.9. The van der Waals surface area contributed by atoms with E-state index in [1.165, 1.54) is 26.4 Å². The van der Waals surface area contributed by atoms with E-state index in [1.54, 1.807) is 44.2 Å². The fraction of sp³-hybridized carbons (Fsp3) is 0.350. The van der Waals surface area contributed by atoms with Crippen molar-refractivity contribution in [1.82, 2.24) is 4.72 Å². The van der Waals surface area contributed by atoms with Gasteiger partial charge in [-0.15, -0.1) is 0 Å². The maximum absolute atomic E-state index is 12.9. The molecular weight excluding hydrogens is 380 g/mol. The zero-order valence-corrected chi connectivity index (χ0v) is 17.5. The van der Waals surface area contributed by atoms with Gasteiger partial charge in [0, 0.05) is 6.07 Å². The largest absolute Gasteiger partial charge is 0.497 e. The fourth-order valence-electron chi connectivity index (χ4n) is 2.57. The lowest BCUT2D eigenvalue weighted by Gasteiger charge is -2.22. The average Bonchev–Trinajstić information content (AvgIpc) is 2.66. The summed E-state index contributed by atoms with van der Waals surface area (Å²) in [5, 5.41) is 2.73. The van der Waals surface area contributed by atoms with Crippen LogP contribution in [0.2, 0.25) is 0 Å². The number of rotatable bonds is 8. The van der Waals surface area contributed by atoms with Crippen LogP contribution >= 0.6 is 0 Å². The van der Waals surface area contributed by atoms with Crippen molar-refractivity contribution in [3.05, 3.63) is 48.0 Å². The molecule has 0 radical (unpaired) electrons. The van der Waals surface area contributed by atoms with Crippen LogP contribution in [0.15, 0.2) is 47.4 Å². The van der Waals surface area contributed by atoms with Gasteiger partial charge >= 0.3 is 0 Å². The minimum atomic E-state index is -3.85. The van der Waals surface area contributed by atoms with Crippen molar-refractivity contribution in [3.63, 3.8) is 0 Å². The number of nitrogens with one attached hydrogen (secondary N) is 2. The van der Waals surface area contributed by atoms with E-state index in [0.29, 0.717) is 17.2 Å². The molecule has 0 aromatic heterocycles. The molecule has 1 amide bonds. The molecule has 28 heavy (non-hydrogen) atoms. The van der Waals surface area contributed by atoms with Crippen molar-refractivity contribution in [2.75, 3.05) is 19.5 Å². The Balaban J connectivity index is 2.26. The zero-order valence-electron chi connectivity index (χ0n) is 16.6. The smallest absolute Gasteiger partial charge is 0.242 e. The highest BCUT2D eigenvalue weighted by molar-refractivity contribution is 7.89. The summed E-state index contributed by atoms with van der Waals surface area (Å²) in [4.78, 5) is 13.0. The molecule has 0 fully saturated rings. The summed E-state index contributed by atoms with van der Waals surface area (Å²) in [6, 6.07) is 10.4. The second-order valence-corrected chi connectivity index (χ2v) is 8.43. The van der Waals surface area contributed by atoms with Crippen LogP contribution in [0.25, 0.3) is 0 Å². The normalized spacial score (nSPS) is 12.5. The first-order valence-corrected chi connectivity index (χ1v) is 10.3. The van der Waals surface area contributed by atoms with Crippen LogP contribution in [0.1, 0.15) is 19.4 Å². The Morgan fingerprint density at radius 1 is 1.00 bits per heavy atom. The van der Waals surface area contributed by atoms with Gasteiger partial charge in [0.05, 0.1) is 24.8 Å². The van der Waals surface area contributed by atoms with E-state index < -0.39 is 22.0 Å². The summed E-state index contributed by atoms with van der Waals surface area (Å²) < 4.78 is 38.3. The summed E-state index contributed by atoms with van der Waals surface area (Å²) in [6.07, 6.45) is 0. The lowest BCUT2D eigenvalue weighted by atomic mass is 10.0. The van der Waals surface area contributed by atoms with Gasteiger partial charge in [-0.1, -0.05) is 31.5 Å². The van der Waals surface area contributed by atoms with Crippen molar-refractivity contribution in [2.24, 2.45) is 5.92 Å². The molecule has 0 aliphatic heterocycles. The molecule has 2 rings (SSSR count). The topological polar surface area (TPSA) is 93.7 Å². The molecule has 0 unspecified atom stereocenters. The van der Waals surface area contributed by atoms with Crippen LogP contribution in [-0.2, 0) is 14.8 Å². The van der Waals surface area contributed by atoms with E-state index >= 15 is 0 Å². The van der Waals surface area contributed by atoms with Crippen LogP contribution in [-0.4, -0.2) is 34.6 Å². The van der Waals surface area contributed by atoms with Gasteiger partial charge in [-0.3, -0.25) is 4.79 Å². The molecule has 1 atom stereocenters. The number of anilines is 1. The average molecular weight is 407 g/mol. The van der Waals surface area contributed by atoms with E-state index in [1.807, 2.05) is 6.92 Å². The summed E-state index contributed by atoms with van der Waals surface area (Å²) in [5.41, 5.74) is 1.34. The SMILES string of the molecule is COc1ccc(OC)c(NC(=O)[C@@H](NS(=O)(=O)c2ccc(C)cc2)C(C)C)c1. The molecule has 8 heteroatoms. The van der Waals surface area contributed by atoms with E-state index in [4.69, 9.17) is 9.47 Å². The highest BCUT2D eigenvalue weighted by Crippen LogP contribution is 2.29. The molecule has 0 aliphatic rings. The van der Waals surface area contributed by atoms with Gasteiger partial charge in [-0.2, -0.15) is 4.72 Å². The maximum Gasteiger partial charge on any atom is 0.242 e. The quantitative estimate of drug-likeness (QED) is 0.703. The molecular formula is C20H26N2O5S. The Labute approximate surface area is 166 Å². The number of hydrogen-bond donors (Lipinski definition) is 2. The van der Waals surface area contributed by atoms with Crippen LogP contribution in [0.4, 0.5) is 5.69 Å². The molecule has 0 saturated carbocycles. The van der Waals surface area contributed by atoms with E-state index in [2.05, 4.69) is 10.0 Å². The summed E-state index contributed by atoms with van der Waals surface area (Å²) >= 11 is 0. The van der Waals surface area contributed by atoms with Gasteiger partial charge < -0.3 is 14.8 Å². The molecule has 0 spiro atoms. The predicted molar refractivity (Wildman–Crippen MR) is 108 cm³/mol. The number of carbonyl (C=O) groups excluding carboxylic acids is 1. The molecule has 152 valence electrons. The summed E-state index contributed by atoms with van der Waals surface area (Å²) in [7, 11) is -0.856. The number of carbonyl (C=O) groups is 1. The van der Waals surface area contributed by atoms with Gasteiger partial charge in [0.1, 0.15) is 17.5 Å². The molecule has 2 aromatic rings. The van der Waals surface area contributed by atoms with E-state index in [9.17, 15) is 13.2 Å². The van der Waals surface area contributed by atoms with Crippen molar-refractivity contribution in [2.45, 2.75) is 31.7 Å². The monoisotopic (exact) mass is 406 g/mol. The van der Waals surface area contributed by atoms with E-state index in [0.717, 1.165) is 5.56 Å². The first-order chi connectivity index (χ1) is 13.2. The summed E-state index contributed by atoms with van der Waals surface area (Å²) in [6.45, 7) is 5.41. The molecule has 0 bridgehead atoms. The van der Waals surface area contributed by atoms with Crippen molar-refractivity contribution >= 4 is 21.6 Å². The number of hydrogen-bond acceptors (Lipinski definition) is 5. The van der Waals surface area contributed by atoms with Crippen molar-refractivity contribution < 1.29 is 22.7 Å². The van der Waals surface area contributed by atoms with Crippen LogP contribution in [0, 0.1) is 12.8 Å². The third-order valence-corrected chi connectivity index (χ3v) is 5.68. The minimum absolute atomic E-state index is 0.107. The predicted octanol–water partition coefficient (Wildman–Crippen LogP) is 2.95. The highest BCUT2D eigenvalue weighted by Gasteiger charge is 2.29. The van der Waals surface area contributed by atoms with Crippen LogP contribution in [0.5, 0.6) is 11.5 Å². The first kappa shape index (κ1) is 21.7. The molecule has 7 nitrogen and oxygen atoms in total. The highest BCUT2D eigenvalue weighted by atomic mass is 32.2. The second-order valence-electron chi connectivity index (χ2n) is 6.71. The Bertz CT molecular complexity index is 924.